The van der Waals surface area contributed by atoms with Crippen molar-refractivity contribution in [3.05, 3.63) is 220 Å². The number of likely N-dealkylation sites (N-methyl/N-ethyl adjacent to an activating group) is 2. The zero-order valence-electron chi connectivity index (χ0n) is 82.2. The molecule has 0 spiro atoms. The van der Waals surface area contributed by atoms with Crippen molar-refractivity contribution < 1.29 is 53.7 Å². The highest BCUT2D eigenvalue weighted by Gasteiger charge is 2.33. The highest BCUT2D eigenvalue weighted by molar-refractivity contribution is 9.10. The molecule has 8 N–H and O–H groups in total. The molecule has 12 aromatic rings. The first kappa shape index (κ1) is 109. The Balaban J connectivity index is 0.000000160. The van der Waals surface area contributed by atoms with E-state index in [-0.39, 0.29) is 55.1 Å². The van der Waals surface area contributed by atoms with Crippen LogP contribution in [0.1, 0.15) is 58.9 Å². The van der Waals surface area contributed by atoms with Gasteiger partial charge in [-0.15, -0.1) is 0 Å². The minimum absolute atomic E-state index is 0.00258. The average Bonchev–Trinajstić information content (AvgIpc) is 1.39. The Bertz CT molecular complexity index is 6970. The summed E-state index contributed by atoms with van der Waals surface area (Å²) in [5, 5.41) is 27.6. The van der Waals surface area contributed by atoms with Gasteiger partial charge in [-0.2, -0.15) is 19.9 Å². The molecule has 0 radical (unpaired) electrons. The van der Waals surface area contributed by atoms with Crippen LogP contribution in [-0.4, -0.2) is 241 Å². The van der Waals surface area contributed by atoms with E-state index in [0.29, 0.717) is 84.8 Å². The number of sulfone groups is 2. The molecule has 8 aromatic carbocycles. The summed E-state index contributed by atoms with van der Waals surface area (Å²) in [5.41, 5.74) is 7.92. The van der Waals surface area contributed by atoms with Gasteiger partial charge < -0.3 is 94.6 Å². The van der Waals surface area contributed by atoms with Crippen molar-refractivity contribution in [3.63, 3.8) is 0 Å². The number of benzene rings is 8. The van der Waals surface area contributed by atoms with Crippen LogP contribution in [0, 0.1) is 12.7 Å². The fraction of sp³-hybridized carbons (Fsp3) is 0.354. The Morgan fingerprint density at radius 3 is 1.26 bits per heavy atom. The van der Waals surface area contributed by atoms with Crippen LogP contribution in [-0.2, 0) is 37.9 Å². The first-order chi connectivity index (χ1) is 67.4. The quantitative estimate of drug-likeness (QED) is 0.0194. The molecule has 756 valence electrons. The number of aryl methyl sites for hydroxylation is 1. The van der Waals surface area contributed by atoms with Gasteiger partial charge >= 0.3 is 0 Å². The Hall–Kier alpha value is -10.5. The summed E-state index contributed by atoms with van der Waals surface area (Å²) in [7, 11) is -7.73. The molecule has 0 aliphatic carbocycles. The highest BCUT2D eigenvalue weighted by Crippen LogP contribution is 2.52. The molecule has 0 atom stereocenters. The van der Waals surface area contributed by atoms with Crippen LogP contribution in [0.15, 0.2) is 203 Å². The Kier molecular flexibility index (Phi) is 36.4. The number of halogens is 5. The summed E-state index contributed by atoms with van der Waals surface area (Å²) in [4.78, 5) is 47.2. The minimum Gasteiger partial charge on any atom is -0.495 e. The monoisotopic (exact) mass is 2170 g/mol. The molecule has 0 saturated carbocycles. The van der Waals surface area contributed by atoms with Crippen LogP contribution < -0.4 is 87.8 Å². The summed E-state index contributed by atoms with van der Waals surface area (Å²) in [6, 6.07) is 49.8. The van der Waals surface area contributed by atoms with Crippen molar-refractivity contribution in [2.45, 2.75) is 86.6 Å². The van der Waals surface area contributed by atoms with Gasteiger partial charge in [0, 0.05) is 139 Å². The summed E-state index contributed by atoms with van der Waals surface area (Å²) >= 11 is 22.5. The van der Waals surface area contributed by atoms with E-state index < -0.39 is 64.6 Å². The molecule has 8 heterocycles. The second-order valence-electron chi connectivity index (χ2n) is 36.5. The third-order valence-corrected chi connectivity index (χ3v) is 38.2. The van der Waals surface area contributed by atoms with E-state index >= 15 is 0 Å². The molecule has 32 nitrogen and oxygen atoms in total. The molecular weight excluding hydrogens is 2050 g/mol. The van der Waals surface area contributed by atoms with Crippen LogP contribution in [0.5, 0.6) is 17.2 Å². The van der Waals surface area contributed by atoms with E-state index in [1.165, 1.54) is 18.6 Å². The number of para-hydroxylation sites is 3. The van der Waals surface area contributed by atoms with Gasteiger partial charge in [-0.3, -0.25) is 4.90 Å². The van der Waals surface area contributed by atoms with Crippen molar-refractivity contribution in [2.75, 3.05) is 206 Å². The smallest absolute Gasteiger partial charge is 0.229 e. The summed E-state index contributed by atoms with van der Waals surface area (Å²) in [5.74, 6) is 3.31. The predicted molar refractivity (Wildman–Crippen MR) is 585 cm³/mol. The van der Waals surface area contributed by atoms with Gasteiger partial charge in [0.15, 0.2) is 48.8 Å². The normalized spacial score (nSPS) is 15.0. The third kappa shape index (κ3) is 28.0. The molecule has 43 heteroatoms. The zero-order valence-corrected chi connectivity index (χ0v) is 91.3. The maximum atomic E-state index is 14.7. The molecule has 4 aromatic heterocycles. The van der Waals surface area contributed by atoms with E-state index in [0.717, 1.165) is 153 Å². The van der Waals surface area contributed by atoms with Gasteiger partial charge in [-0.05, 0) is 235 Å². The van der Waals surface area contributed by atoms with Crippen molar-refractivity contribution in [2.24, 2.45) is 0 Å². The number of aromatic nitrogens is 8. The Morgan fingerprint density at radius 1 is 0.430 bits per heavy atom. The number of piperazine rings is 2. The first-order valence-corrected chi connectivity index (χ1v) is 61.1. The fourth-order valence-corrected chi connectivity index (χ4v) is 25.8. The highest BCUT2D eigenvalue weighted by atomic mass is 79.9. The summed E-state index contributed by atoms with van der Waals surface area (Å²) in [6.45, 7) is 29.3. The lowest BCUT2D eigenvalue weighted by molar-refractivity contribution is 0.0982. The minimum atomic E-state index is -3.53. The number of hydrogen-bond acceptors (Lipinski definition) is 32. The molecule has 0 bridgehead atoms. The summed E-state index contributed by atoms with van der Waals surface area (Å²) in [6.07, 6.45) is 11.2. The SMILES string of the molecule is COc1cc(N2CCC(N3CCN(C)CC3)CC2)ccc1Nc1ncc(F)c(Nc2ccccc2P(C)(C)=O)n1.COc1cc(N2CCN(C)CC2)ccc1Nc1ncc(Cl)c(Nc2ccc(Br)cc2P(C)(C)=O)n1.COc1cc(P2(=O)CCCC2)ccc1Nc1ncc(Cl)c(Nc2ccccc2S(=O)(=O)C(C)C)n1.Cc1cc(P(C)(C)=O)ccc1Nc1ncc(Cl)c(Nc2ccccc2S(=O)(=O)C(C)C)n1. The lowest BCUT2D eigenvalue weighted by Gasteiger charge is -2.42. The third-order valence-electron chi connectivity index (χ3n) is 24.5. The number of hydrogen-bond donors (Lipinski definition) is 8. The molecule has 142 heavy (non-hydrogen) atoms. The Labute approximate surface area is 854 Å². The van der Waals surface area contributed by atoms with Crippen LogP contribution in [0.25, 0.3) is 0 Å². The van der Waals surface area contributed by atoms with Gasteiger partial charge in [-0.1, -0.05) is 87.1 Å². The van der Waals surface area contributed by atoms with E-state index in [4.69, 9.17) is 49.0 Å². The second kappa shape index (κ2) is 47.5. The van der Waals surface area contributed by atoms with Crippen molar-refractivity contribution in [1.29, 1.82) is 0 Å². The molecule has 16 rings (SSSR count). The maximum absolute atomic E-state index is 14.7. The van der Waals surface area contributed by atoms with Crippen LogP contribution >= 0.6 is 79.3 Å². The number of rotatable bonds is 30. The molecule has 0 unspecified atom stereocenters. The maximum Gasteiger partial charge on any atom is 0.229 e. The van der Waals surface area contributed by atoms with Gasteiger partial charge in [0.25, 0.3) is 0 Å². The fourth-order valence-electron chi connectivity index (χ4n) is 16.3. The molecule has 4 aliphatic rings. The zero-order chi connectivity index (χ0) is 102. The molecule has 0 amide bonds. The number of anilines is 18. The predicted octanol–water partition coefficient (Wildman–Crippen LogP) is 20.9. The van der Waals surface area contributed by atoms with Crippen molar-refractivity contribution in [3.8, 4) is 17.2 Å². The lowest BCUT2D eigenvalue weighted by Crippen LogP contribution is -2.52. The second-order valence-corrected chi connectivity index (χ2v) is 56.4. The number of nitrogens with zero attached hydrogens (tertiary/aromatic N) is 13. The average molecular weight is 2180 g/mol. The standard InChI is InChI=1S/C29H39FN7O2P.C24H29BrClN6O2P.C24H28ClN4O4PS.C22H26ClN4O3PS/c1-35-15-17-37(18-16-35)21-11-13-36(14-12-21)22-9-10-24(26(19-22)39-2)33-29-31-20-23(30)28(34-29)32-25-7-5-6-8-27(25)40(3,4)38;1-31-9-11-32(12-10-31)17-6-8-19(21(14-17)34-2)29-24-27-15-18(26)23(30-24)28-20-7-5-16(25)13-22(20)35(3,4)33;1-16(2)35(31,32)22-9-5-4-8-20(22)27-23-18(25)15-26-24(29-23)28-19-11-10-17(14-21(19)33-3)34(30)12-6-7-13-34;1-14(2)32(29,30)20-9-7-6-8-19(20)25-21-17(23)13-24-22(27-21)26-18-11-10-16(12-15(18)3)31(4,5)28/h5-10,19-21H,11-18H2,1-4H3,(H2,31,32,33,34);5-8,13-15H,9-12H2,1-4H3,(H2,27,28,29,30);4-5,8-11,14-16H,6-7,12-13H2,1-3H3,(H2,26,27,28,29);6-14H,1-5H3,(H2,24,25,26,27). The van der Waals surface area contributed by atoms with E-state index in [1.807, 2.05) is 91.9 Å². The topological polar surface area (TPSA) is 380 Å². The number of nitrogens with one attached hydrogen (secondary N) is 8. The summed E-state index contributed by atoms with van der Waals surface area (Å²) < 4.78 is 135. The molecular formula is C99H122BrCl3FN21O11P4S2. The van der Waals surface area contributed by atoms with Crippen LogP contribution in [0.4, 0.5) is 108 Å². The first-order valence-electron chi connectivity index (χ1n) is 46.2. The number of methoxy groups -OCH3 is 3. The van der Waals surface area contributed by atoms with Crippen molar-refractivity contribution in [1.82, 2.24) is 54.6 Å². The van der Waals surface area contributed by atoms with Gasteiger partial charge in [0.2, 0.25) is 23.8 Å². The lowest BCUT2D eigenvalue weighted by atomic mass is 10.0. The van der Waals surface area contributed by atoms with E-state index in [1.54, 1.807) is 156 Å². The molecule has 4 saturated heterocycles. The van der Waals surface area contributed by atoms with E-state index in [9.17, 15) is 39.5 Å². The van der Waals surface area contributed by atoms with E-state index in [2.05, 4.69) is 149 Å². The van der Waals surface area contributed by atoms with Gasteiger partial charge in [-0.25, -0.2) is 41.2 Å². The van der Waals surface area contributed by atoms with Crippen molar-refractivity contribution >= 4 is 224 Å². The van der Waals surface area contributed by atoms with Gasteiger partial charge in [0.05, 0.1) is 106 Å². The molecule has 4 aliphatic heterocycles. The number of ether oxygens (including phenoxy) is 3. The Morgan fingerprint density at radius 2 is 0.810 bits per heavy atom. The van der Waals surface area contributed by atoms with Gasteiger partial charge in [0.1, 0.15) is 60.9 Å². The molecule has 4 fully saturated rings. The van der Waals surface area contributed by atoms with Crippen LogP contribution in [0.3, 0.4) is 0 Å². The largest absolute Gasteiger partial charge is 0.495 e. The van der Waals surface area contributed by atoms with Crippen LogP contribution in [0.2, 0.25) is 15.1 Å². The number of piperidine rings is 1.